The van der Waals surface area contributed by atoms with Gasteiger partial charge in [0.1, 0.15) is 5.51 Å². The predicted molar refractivity (Wildman–Crippen MR) is 47.9 cm³/mol. The quantitative estimate of drug-likeness (QED) is 0.754. The lowest BCUT2D eigenvalue weighted by Gasteiger charge is -2.09. The zero-order valence-electron chi connectivity index (χ0n) is 6.87. The van der Waals surface area contributed by atoms with Crippen molar-refractivity contribution in [2.24, 2.45) is 0 Å². The minimum atomic E-state index is 0.507. The molecular weight excluding hydrogens is 158 g/mol. The van der Waals surface area contributed by atoms with Crippen LogP contribution in [0.25, 0.3) is 0 Å². The number of nitrogens with one attached hydrogen (secondary N) is 1. The lowest BCUT2D eigenvalue weighted by molar-refractivity contribution is 0.688. The van der Waals surface area contributed by atoms with Gasteiger partial charge in [-0.15, -0.1) is 10.2 Å². The van der Waals surface area contributed by atoms with Gasteiger partial charge in [-0.05, 0) is 13.3 Å². The average Bonchev–Trinajstić information content (AvgIpc) is 2.40. The van der Waals surface area contributed by atoms with E-state index in [-0.39, 0.29) is 0 Å². The fraction of sp³-hybridized carbons (Fsp3) is 0.714. The van der Waals surface area contributed by atoms with Crippen LogP contribution >= 0.6 is 11.3 Å². The van der Waals surface area contributed by atoms with Crippen molar-refractivity contribution in [2.75, 3.05) is 5.32 Å². The number of aromatic nitrogens is 2. The van der Waals surface area contributed by atoms with Gasteiger partial charge < -0.3 is 5.32 Å². The van der Waals surface area contributed by atoms with Gasteiger partial charge in [0, 0.05) is 6.04 Å². The standard InChI is InChI=1S/C7H13N3S/c1-3-4-6(2)9-7-10-8-5-11-7/h5-6H,3-4H2,1-2H3,(H,9,10). The smallest absolute Gasteiger partial charge is 0.205 e. The molecule has 62 valence electrons. The Morgan fingerprint density at radius 2 is 2.55 bits per heavy atom. The van der Waals surface area contributed by atoms with Crippen molar-refractivity contribution in [1.29, 1.82) is 0 Å². The molecule has 0 amide bonds. The van der Waals surface area contributed by atoms with Gasteiger partial charge in [0.2, 0.25) is 5.13 Å². The van der Waals surface area contributed by atoms with Crippen LogP contribution < -0.4 is 5.32 Å². The summed E-state index contributed by atoms with van der Waals surface area (Å²) >= 11 is 1.54. The van der Waals surface area contributed by atoms with Crippen LogP contribution in [0.3, 0.4) is 0 Å². The van der Waals surface area contributed by atoms with Gasteiger partial charge in [-0.2, -0.15) is 0 Å². The molecule has 4 heteroatoms. The highest BCUT2D eigenvalue weighted by molar-refractivity contribution is 7.13. The van der Waals surface area contributed by atoms with E-state index in [4.69, 9.17) is 0 Å². The first-order valence-electron chi connectivity index (χ1n) is 3.85. The van der Waals surface area contributed by atoms with Gasteiger partial charge >= 0.3 is 0 Å². The van der Waals surface area contributed by atoms with E-state index in [1.807, 2.05) is 0 Å². The molecule has 3 nitrogen and oxygen atoms in total. The topological polar surface area (TPSA) is 37.8 Å². The third-order valence-corrected chi connectivity index (χ3v) is 2.07. The molecule has 0 aliphatic rings. The Kier molecular flexibility index (Phi) is 3.29. The Hall–Kier alpha value is -0.640. The van der Waals surface area contributed by atoms with Crippen molar-refractivity contribution in [3.05, 3.63) is 5.51 Å². The molecule has 0 fully saturated rings. The van der Waals surface area contributed by atoms with E-state index in [2.05, 4.69) is 29.4 Å². The van der Waals surface area contributed by atoms with Gasteiger partial charge in [-0.25, -0.2) is 0 Å². The maximum absolute atomic E-state index is 3.90. The molecule has 1 unspecified atom stereocenters. The highest BCUT2D eigenvalue weighted by atomic mass is 32.1. The second kappa shape index (κ2) is 4.28. The Labute approximate surface area is 70.9 Å². The molecule has 0 aliphatic heterocycles. The third kappa shape index (κ3) is 2.84. The van der Waals surface area contributed by atoms with Crippen LogP contribution in [0.1, 0.15) is 26.7 Å². The molecule has 0 bridgehead atoms. The van der Waals surface area contributed by atoms with Gasteiger partial charge in [0.05, 0.1) is 0 Å². The van der Waals surface area contributed by atoms with E-state index in [0.717, 1.165) is 5.13 Å². The summed E-state index contributed by atoms with van der Waals surface area (Å²) < 4.78 is 0. The number of hydrogen-bond acceptors (Lipinski definition) is 4. The fourth-order valence-corrected chi connectivity index (χ4v) is 1.51. The van der Waals surface area contributed by atoms with Crippen LogP contribution in [0, 0.1) is 0 Å². The summed E-state index contributed by atoms with van der Waals surface area (Å²) in [5, 5.41) is 11.8. The summed E-state index contributed by atoms with van der Waals surface area (Å²) in [6.07, 6.45) is 2.38. The van der Waals surface area contributed by atoms with Gasteiger partial charge in [-0.3, -0.25) is 0 Å². The average molecular weight is 171 g/mol. The molecule has 1 atom stereocenters. The molecule has 0 saturated heterocycles. The molecule has 1 N–H and O–H groups in total. The minimum absolute atomic E-state index is 0.507. The minimum Gasteiger partial charge on any atom is -0.358 e. The van der Waals surface area contributed by atoms with Crippen LogP contribution in [0.5, 0.6) is 0 Å². The second-order valence-corrected chi connectivity index (χ2v) is 3.41. The van der Waals surface area contributed by atoms with Crippen molar-refractivity contribution < 1.29 is 0 Å². The molecule has 0 aliphatic carbocycles. The first kappa shape index (κ1) is 8.46. The highest BCUT2D eigenvalue weighted by Gasteiger charge is 2.01. The zero-order chi connectivity index (χ0) is 8.10. The van der Waals surface area contributed by atoms with Crippen LogP contribution in [0.15, 0.2) is 5.51 Å². The van der Waals surface area contributed by atoms with Crippen LogP contribution in [0.4, 0.5) is 5.13 Å². The van der Waals surface area contributed by atoms with Crippen molar-refractivity contribution in [2.45, 2.75) is 32.7 Å². The van der Waals surface area contributed by atoms with E-state index in [9.17, 15) is 0 Å². The first-order chi connectivity index (χ1) is 5.33. The lowest BCUT2D eigenvalue weighted by atomic mass is 10.2. The molecular formula is C7H13N3S. The molecule has 0 saturated carbocycles. The fourth-order valence-electron chi connectivity index (χ4n) is 0.952. The molecule has 0 spiro atoms. The normalized spacial score (nSPS) is 12.9. The van der Waals surface area contributed by atoms with E-state index in [1.165, 1.54) is 12.8 Å². The number of rotatable bonds is 4. The van der Waals surface area contributed by atoms with Crippen LogP contribution in [0.2, 0.25) is 0 Å². The zero-order valence-corrected chi connectivity index (χ0v) is 7.69. The van der Waals surface area contributed by atoms with E-state index < -0.39 is 0 Å². The lowest BCUT2D eigenvalue weighted by Crippen LogP contribution is -2.14. The molecule has 1 aromatic rings. The summed E-state index contributed by atoms with van der Waals surface area (Å²) in [5.74, 6) is 0. The highest BCUT2D eigenvalue weighted by Crippen LogP contribution is 2.11. The van der Waals surface area contributed by atoms with E-state index in [0.29, 0.717) is 6.04 Å². The SMILES string of the molecule is CCCC(C)Nc1nncs1. The molecule has 1 rings (SSSR count). The van der Waals surface area contributed by atoms with Crippen molar-refractivity contribution in [3.63, 3.8) is 0 Å². The summed E-state index contributed by atoms with van der Waals surface area (Å²) in [7, 11) is 0. The van der Waals surface area contributed by atoms with Crippen LogP contribution in [-0.4, -0.2) is 16.2 Å². The Bertz CT molecular complexity index is 186. The summed E-state index contributed by atoms with van der Waals surface area (Å²) in [6.45, 7) is 4.34. The first-order valence-corrected chi connectivity index (χ1v) is 4.73. The van der Waals surface area contributed by atoms with Crippen LogP contribution in [-0.2, 0) is 0 Å². The van der Waals surface area contributed by atoms with Crippen molar-refractivity contribution >= 4 is 16.5 Å². The molecule has 0 radical (unpaired) electrons. The monoisotopic (exact) mass is 171 g/mol. The molecule has 11 heavy (non-hydrogen) atoms. The predicted octanol–water partition coefficient (Wildman–Crippen LogP) is 2.14. The summed E-state index contributed by atoms with van der Waals surface area (Å²) in [5.41, 5.74) is 1.74. The Morgan fingerprint density at radius 1 is 1.73 bits per heavy atom. The molecule has 0 aromatic carbocycles. The second-order valence-electron chi connectivity index (χ2n) is 2.58. The van der Waals surface area contributed by atoms with E-state index >= 15 is 0 Å². The Balaban J connectivity index is 2.31. The van der Waals surface area contributed by atoms with Gasteiger partial charge in [0.25, 0.3) is 0 Å². The summed E-state index contributed by atoms with van der Waals surface area (Å²) in [4.78, 5) is 0. The summed E-state index contributed by atoms with van der Waals surface area (Å²) in [6, 6.07) is 0.507. The Morgan fingerprint density at radius 3 is 3.09 bits per heavy atom. The third-order valence-electron chi connectivity index (χ3n) is 1.45. The van der Waals surface area contributed by atoms with Gasteiger partial charge in [0.15, 0.2) is 0 Å². The van der Waals surface area contributed by atoms with E-state index in [1.54, 1.807) is 16.8 Å². The van der Waals surface area contributed by atoms with Gasteiger partial charge in [-0.1, -0.05) is 24.7 Å². The number of hydrogen-bond donors (Lipinski definition) is 1. The maximum Gasteiger partial charge on any atom is 0.205 e. The van der Waals surface area contributed by atoms with Crippen molar-refractivity contribution in [1.82, 2.24) is 10.2 Å². The largest absolute Gasteiger partial charge is 0.358 e. The maximum atomic E-state index is 3.90. The van der Waals surface area contributed by atoms with Crippen molar-refractivity contribution in [3.8, 4) is 0 Å². The molecule has 1 aromatic heterocycles. The number of nitrogens with zero attached hydrogens (tertiary/aromatic N) is 2. The number of anilines is 1. The molecule has 1 heterocycles.